The first-order chi connectivity index (χ1) is 10.3. The first-order valence-electron chi connectivity index (χ1n) is 6.81. The van der Waals surface area contributed by atoms with Gasteiger partial charge in [-0.3, -0.25) is 0 Å². The molecule has 1 heterocycles. The molecule has 2 unspecified atom stereocenters. The van der Waals surface area contributed by atoms with E-state index in [1.165, 1.54) is 29.5 Å². The number of benzene rings is 1. The van der Waals surface area contributed by atoms with Crippen molar-refractivity contribution in [2.45, 2.75) is 33.1 Å². The van der Waals surface area contributed by atoms with Gasteiger partial charge in [0.05, 0.1) is 5.56 Å². The number of nitrogens with zero attached hydrogens (tertiary/aromatic N) is 3. The molecule has 118 valence electrons. The van der Waals surface area contributed by atoms with E-state index >= 15 is 0 Å². The van der Waals surface area contributed by atoms with E-state index in [9.17, 15) is 9.90 Å². The van der Waals surface area contributed by atoms with E-state index in [1.807, 2.05) is 20.8 Å². The van der Waals surface area contributed by atoms with E-state index in [1.54, 1.807) is 12.1 Å². The lowest BCUT2D eigenvalue weighted by Crippen LogP contribution is -2.38. The maximum atomic E-state index is 10.9. The van der Waals surface area contributed by atoms with Crippen molar-refractivity contribution in [1.82, 2.24) is 14.8 Å². The third kappa shape index (κ3) is 3.62. The molecule has 2 N–H and O–H groups in total. The van der Waals surface area contributed by atoms with Crippen molar-refractivity contribution >= 4 is 5.97 Å². The largest absolute Gasteiger partial charge is 0.478 e. The van der Waals surface area contributed by atoms with Gasteiger partial charge in [0.25, 0.3) is 0 Å². The molecule has 0 amide bonds. The highest BCUT2D eigenvalue weighted by molar-refractivity contribution is 5.87. The van der Waals surface area contributed by atoms with E-state index in [2.05, 4.69) is 10.1 Å². The van der Waals surface area contributed by atoms with Crippen molar-refractivity contribution in [3.63, 3.8) is 0 Å². The van der Waals surface area contributed by atoms with Gasteiger partial charge in [0.1, 0.15) is 24.5 Å². The van der Waals surface area contributed by atoms with Crippen LogP contribution in [0.5, 0.6) is 5.75 Å². The van der Waals surface area contributed by atoms with Gasteiger partial charge >= 0.3 is 5.97 Å². The molecule has 2 rings (SSSR count). The average Bonchev–Trinajstić information content (AvgIpc) is 2.97. The summed E-state index contributed by atoms with van der Waals surface area (Å²) in [5.74, 6) is -0.567. The minimum absolute atomic E-state index is 0.168. The summed E-state index contributed by atoms with van der Waals surface area (Å²) in [6.45, 7) is 5.66. The molecule has 7 nitrogen and oxygen atoms in total. The van der Waals surface area contributed by atoms with Crippen molar-refractivity contribution < 1.29 is 19.7 Å². The second kappa shape index (κ2) is 6.15. The van der Waals surface area contributed by atoms with Crippen LogP contribution in [0.25, 0.3) is 0 Å². The van der Waals surface area contributed by atoms with Crippen LogP contribution in [-0.2, 0) is 0 Å². The second-order valence-electron chi connectivity index (χ2n) is 6.02. The van der Waals surface area contributed by atoms with Crippen LogP contribution in [0.2, 0.25) is 0 Å². The second-order valence-corrected chi connectivity index (χ2v) is 6.02. The third-order valence-corrected chi connectivity index (χ3v) is 3.21. The van der Waals surface area contributed by atoms with E-state index in [0.717, 1.165) is 0 Å². The van der Waals surface area contributed by atoms with E-state index in [-0.39, 0.29) is 5.56 Å². The van der Waals surface area contributed by atoms with E-state index in [4.69, 9.17) is 9.84 Å². The van der Waals surface area contributed by atoms with Crippen molar-refractivity contribution in [3.8, 4) is 5.75 Å². The monoisotopic (exact) mass is 305 g/mol. The van der Waals surface area contributed by atoms with Crippen LogP contribution in [0.4, 0.5) is 0 Å². The van der Waals surface area contributed by atoms with Crippen LogP contribution in [-0.4, -0.2) is 37.1 Å². The zero-order valence-corrected chi connectivity index (χ0v) is 12.7. The summed E-state index contributed by atoms with van der Waals surface area (Å²) >= 11 is 0. The summed E-state index contributed by atoms with van der Waals surface area (Å²) in [4.78, 5) is 14.7. The molecule has 0 saturated heterocycles. The zero-order chi connectivity index (χ0) is 16.3. The molecule has 0 aliphatic rings. The van der Waals surface area contributed by atoms with Crippen LogP contribution >= 0.6 is 0 Å². The Morgan fingerprint density at radius 2 is 1.91 bits per heavy atom. The van der Waals surface area contributed by atoms with Gasteiger partial charge in [-0.2, -0.15) is 5.10 Å². The SMILES string of the molecule is CC(C)(C)C(O)C(Oc1ccc(C(=O)O)cc1)n1cncn1. The fourth-order valence-electron chi connectivity index (χ4n) is 1.86. The number of ether oxygens (including phenoxy) is 1. The van der Waals surface area contributed by atoms with Crippen molar-refractivity contribution in [2.75, 3.05) is 0 Å². The summed E-state index contributed by atoms with van der Waals surface area (Å²) < 4.78 is 7.23. The predicted octanol–water partition coefficient (Wildman–Crippen LogP) is 1.96. The Labute approximate surface area is 128 Å². The van der Waals surface area contributed by atoms with E-state index in [0.29, 0.717) is 5.75 Å². The zero-order valence-electron chi connectivity index (χ0n) is 12.7. The predicted molar refractivity (Wildman–Crippen MR) is 78.6 cm³/mol. The van der Waals surface area contributed by atoms with Crippen LogP contribution < -0.4 is 4.74 Å². The maximum absolute atomic E-state index is 10.9. The number of aliphatic hydroxyl groups is 1. The fourth-order valence-corrected chi connectivity index (χ4v) is 1.86. The molecular weight excluding hydrogens is 286 g/mol. The van der Waals surface area contributed by atoms with Gasteiger partial charge in [-0.15, -0.1) is 0 Å². The Kier molecular flexibility index (Phi) is 4.46. The molecule has 0 bridgehead atoms. The summed E-state index contributed by atoms with van der Waals surface area (Å²) in [7, 11) is 0. The van der Waals surface area contributed by atoms with Gasteiger partial charge in [-0.25, -0.2) is 14.5 Å². The number of hydrogen-bond acceptors (Lipinski definition) is 5. The van der Waals surface area contributed by atoms with Crippen LogP contribution in [0.1, 0.15) is 37.4 Å². The maximum Gasteiger partial charge on any atom is 0.335 e. The normalized spacial score (nSPS) is 14.4. The van der Waals surface area contributed by atoms with Gasteiger partial charge in [-0.1, -0.05) is 20.8 Å². The summed E-state index contributed by atoms with van der Waals surface area (Å²) in [6.07, 6.45) is 1.22. The molecule has 7 heteroatoms. The molecule has 1 aromatic carbocycles. The molecular formula is C15H19N3O4. The molecule has 0 radical (unpaired) electrons. The highest BCUT2D eigenvalue weighted by Crippen LogP contribution is 2.30. The first kappa shape index (κ1) is 16.0. The number of carbonyl (C=O) groups is 1. The summed E-state index contributed by atoms with van der Waals surface area (Å²) in [6, 6.07) is 5.98. The molecule has 0 fully saturated rings. The minimum Gasteiger partial charge on any atom is -0.478 e. The fraction of sp³-hybridized carbons (Fsp3) is 0.400. The number of carboxylic acid groups (broad SMARTS) is 1. The smallest absolute Gasteiger partial charge is 0.335 e. The van der Waals surface area contributed by atoms with Crippen LogP contribution in [0.15, 0.2) is 36.9 Å². The minimum atomic E-state index is -1.01. The average molecular weight is 305 g/mol. The molecule has 0 spiro atoms. The van der Waals surface area contributed by atoms with Crippen LogP contribution in [0.3, 0.4) is 0 Å². The molecule has 0 aliphatic carbocycles. The number of rotatable bonds is 5. The quantitative estimate of drug-likeness (QED) is 0.876. The number of hydrogen-bond donors (Lipinski definition) is 2. The summed E-state index contributed by atoms with van der Waals surface area (Å²) in [5, 5.41) is 23.4. The van der Waals surface area contributed by atoms with Gasteiger partial charge in [0, 0.05) is 0 Å². The van der Waals surface area contributed by atoms with Crippen molar-refractivity contribution in [3.05, 3.63) is 42.5 Å². The number of carboxylic acids is 1. The lowest BCUT2D eigenvalue weighted by atomic mass is 9.88. The molecule has 2 aromatic rings. The Hall–Kier alpha value is -2.41. The lowest BCUT2D eigenvalue weighted by Gasteiger charge is -2.32. The van der Waals surface area contributed by atoms with Crippen molar-refractivity contribution in [1.29, 1.82) is 0 Å². The number of aliphatic hydroxyl groups excluding tert-OH is 1. The summed E-state index contributed by atoms with van der Waals surface area (Å²) in [5.41, 5.74) is -0.265. The lowest BCUT2D eigenvalue weighted by molar-refractivity contribution is -0.0731. The standard InChI is InChI=1S/C15H19N3O4/c1-15(2,3)12(19)13(18-9-16-8-17-18)22-11-6-4-10(5-7-11)14(20)21/h4-9,12-13,19H,1-3H3,(H,20,21). The third-order valence-electron chi connectivity index (χ3n) is 3.21. The Morgan fingerprint density at radius 3 is 2.36 bits per heavy atom. The van der Waals surface area contributed by atoms with Crippen molar-refractivity contribution in [2.24, 2.45) is 5.41 Å². The molecule has 2 atom stereocenters. The van der Waals surface area contributed by atoms with Gasteiger partial charge in [0.2, 0.25) is 6.23 Å². The number of aromatic carboxylic acids is 1. The van der Waals surface area contributed by atoms with E-state index < -0.39 is 23.7 Å². The number of aromatic nitrogens is 3. The highest BCUT2D eigenvalue weighted by atomic mass is 16.5. The topological polar surface area (TPSA) is 97.5 Å². The molecule has 0 saturated carbocycles. The van der Waals surface area contributed by atoms with Gasteiger partial charge in [-0.05, 0) is 29.7 Å². The van der Waals surface area contributed by atoms with Gasteiger partial charge < -0.3 is 14.9 Å². The first-order valence-corrected chi connectivity index (χ1v) is 6.81. The Morgan fingerprint density at radius 1 is 1.27 bits per heavy atom. The highest BCUT2D eigenvalue weighted by Gasteiger charge is 2.34. The molecule has 1 aromatic heterocycles. The van der Waals surface area contributed by atoms with Crippen LogP contribution in [0, 0.1) is 5.41 Å². The van der Waals surface area contributed by atoms with Gasteiger partial charge in [0.15, 0.2) is 0 Å². The Balaban J connectivity index is 2.25. The Bertz CT molecular complexity index is 617. The molecule has 22 heavy (non-hydrogen) atoms. The molecule has 0 aliphatic heterocycles.